The highest BCUT2D eigenvalue weighted by atomic mass is 16.5. The fraction of sp³-hybridized carbons (Fsp3) is 0.304. The van der Waals surface area contributed by atoms with Crippen LogP contribution < -0.4 is 16.0 Å². The van der Waals surface area contributed by atoms with E-state index in [2.05, 4.69) is 20.7 Å². The van der Waals surface area contributed by atoms with Crippen LogP contribution in [0.25, 0.3) is 0 Å². The van der Waals surface area contributed by atoms with Gasteiger partial charge in [-0.05, 0) is 35.7 Å². The van der Waals surface area contributed by atoms with E-state index in [1.807, 2.05) is 19.9 Å². The second-order valence-electron chi connectivity index (χ2n) is 7.33. The number of hydrogen-bond donors (Lipinski definition) is 3. The fourth-order valence-corrected chi connectivity index (χ4v) is 2.78. The van der Waals surface area contributed by atoms with Crippen molar-refractivity contribution in [3.8, 4) is 0 Å². The average molecular weight is 425 g/mol. The van der Waals surface area contributed by atoms with Crippen LogP contribution in [0.2, 0.25) is 0 Å². The van der Waals surface area contributed by atoms with Gasteiger partial charge >= 0.3 is 5.97 Å². The summed E-state index contributed by atoms with van der Waals surface area (Å²) >= 11 is 0. The topological polar surface area (TPSA) is 114 Å². The molecule has 0 aromatic heterocycles. The Hall–Kier alpha value is -3.68. The monoisotopic (exact) mass is 425 g/mol. The van der Waals surface area contributed by atoms with Crippen LogP contribution in [0.15, 0.2) is 54.6 Å². The van der Waals surface area contributed by atoms with E-state index < -0.39 is 23.8 Å². The lowest BCUT2D eigenvalue weighted by atomic mass is 10.0. The first-order chi connectivity index (χ1) is 14.8. The number of nitrogens with one attached hydrogen (secondary N) is 3. The minimum Gasteiger partial charge on any atom is -0.468 e. The third-order valence-electron chi connectivity index (χ3n) is 4.33. The molecule has 0 radical (unpaired) electrons. The number of hydrogen-bond acceptors (Lipinski definition) is 5. The van der Waals surface area contributed by atoms with Crippen LogP contribution in [0.4, 0.5) is 5.69 Å². The molecule has 8 heteroatoms. The molecule has 2 aromatic carbocycles. The zero-order chi connectivity index (χ0) is 22.8. The summed E-state index contributed by atoms with van der Waals surface area (Å²) in [5, 5.41) is 7.99. The summed E-state index contributed by atoms with van der Waals surface area (Å²) in [7, 11) is 1.24. The highest BCUT2D eigenvalue weighted by Gasteiger charge is 2.23. The summed E-state index contributed by atoms with van der Waals surface area (Å²) < 4.78 is 4.48. The molecular weight excluding hydrogens is 398 g/mol. The van der Waals surface area contributed by atoms with Crippen molar-refractivity contribution < 1.29 is 23.9 Å². The van der Waals surface area contributed by atoms with Crippen LogP contribution in [0, 0.1) is 5.92 Å². The van der Waals surface area contributed by atoms with Gasteiger partial charge in [-0.25, -0.2) is 0 Å². The number of anilines is 1. The summed E-state index contributed by atoms with van der Waals surface area (Å²) in [6, 6.07) is 14.3. The van der Waals surface area contributed by atoms with E-state index in [1.165, 1.54) is 19.2 Å². The molecule has 3 amide bonds. The van der Waals surface area contributed by atoms with E-state index in [0.29, 0.717) is 23.2 Å². The minimum absolute atomic E-state index is 0.164. The van der Waals surface area contributed by atoms with Gasteiger partial charge in [0.15, 0.2) is 0 Å². The molecule has 1 atom stereocenters. The Kier molecular flexibility index (Phi) is 8.75. The number of benzene rings is 2. The molecule has 0 saturated carbocycles. The Balaban J connectivity index is 2.07. The number of rotatable bonds is 9. The number of carbonyl (C=O) groups excluding carboxylic acids is 4. The molecule has 0 spiro atoms. The maximum atomic E-state index is 12.9. The highest BCUT2D eigenvalue weighted by molar-refractivity contribution is 5.99. The van der Waals surface area contributed by atoms with Crippen LogP contribution >= 0.6 is 0 Å². The van der Waals surface area contributed by atoms with E-state index in [4.69, 9.17) is 0 Å². The van der Waals surface area contributed by atoms with Gasteiger partial charge in [-0.1, -0.05) is 44.2 Å². The Morgan fingerprint density at radius 1 is 0.935 bits per heavy atom. The molecular formula is C23H27N3O5. The molecule has 0 aliphatic rings. The minimum atomic E-state index is -0.851. The van der Waals surface area contributed by atoms with Crippen molar-refractivity contribution in [3.05, 3.63) is 65.7 Å². The van der Waals surface area contributed by atoms with Gasteiger partial charge in [-0.2, -0.15) is 0 Å². The van der Waals surface area contributed by atoms with E-state index in [-0.39, 0.29) is 18.4 Å². The zero-order valence-electron chi connectivity index (χ0n) is 17.8. The largest absolute Gasteiger partial charge is 0.468 e. The van der Waals surface area contributed by atoms with Crippen LogP contribution in [0.3, 0.4) is 0 Å². The molecule has 2 aromatic rings. The van der Waals surface area contributed by atoms with Gasteiger partial charge in [-0.15, -0.1) is 0 Å². The standard InChI is InChI=1S/C23H27N3O5/c1-15(2)13-19(27)26-21(16-7-5-4-6-8-16)23(30)25-18-11-9-17(10-12-18)22(29)24-14-20(28)31-3/h4-12,15,21H,13-14H2,1-3H3,(H,24,29)(H,25,30)(H,26,27). The summed E-state index contributed by atoms with van der Waals surface area (Å²) in [6.07, 6.45) is 0.312. The molecule has 1 unspecified atom stereocenters. The number of amides is 3. The maximum Gasteiger partial charge on any atom is 0.325 e. The SMILES string of the molecule is COC(=O)CNC(=O)c1ccc(NC(=O)C(NC(=O)CC(C)C)c2ccccc2)cc1. The van der Waals surface area contributed by atoms with Gasteiger partial charge in [0, 0.05) is 17.7 Å². The van der Waals surface area contributed by atoms with E-state index in [9.17, 15) is 19.2 Å². The third-order valence-corrected chi connectivity index (χ3v) is 4.33. The van der Waals surface area contributed by atoms with Gasteiger partial charge in [0.1, 0.15) is 12.6 Å². The molecule has 31 heavy (non-hydrogen) atoms. The van der Waals surface area contributed by atoms with Crippen molar-refractivity contribution in [1.82, 2.24) is 10.6 Å². The molecule has 0 saturated heterocycles. The Morgan fingerprint density at radius 3 is 2.16 bits per heavy atom. The molecule has 0 aliphatic carbocycles. The molecule has 164 valence electrons. The molecule has 0 fully saturated rings. The smallest absolute Gasteiger partial charge is 0.325 e. The van der Waals surface area contributed by atoms with Crippen molar-refractivity contribution in [2.75, 3.05) is 19.0 Å². The summed E-state index contributed by atoms with van der Waals surface area (Å²) in [5.74, 6) is -1.43. The van der Waals surface area contributed by atoms with E-state index in [0.717, 1.165) is 0 Å². The predicted octanol–water partition coefficient (Wildman–Crippen LogP) is 2.43. The second kappa shape index (κ2) is 11.5. The van der Waals surface area contributed by atoms with Crippen LogP contribution in [0.5, 0.6) is 0 Å². The Morgan fingerprint density at radius 2 is 1.58 bits per heavy atom. The highest BCUT2D eigenvalue weighted by Crippen LogP contribution is 2.17. The van der Waals surface area contributed by atoms with Crippen LogP contribution in [-0.2, 0) is 19.1 Å². The lowest BCUT2D eigenvalue weighted by Crippen LogP contribution is -2.37. The van der Waals surface area contributed by atoms with Crippen molar-refractivity contribution in [2.24, 2.45) is 5.92 Å². The number of ether oxygens (including phenoxy) is 1. The summed E-state index contributed by atoms with van der Waals surface area (Å²) in [6.45, 7) is 3.63. The number of carbonyl (C=O) groups is 4. The summed E-state index contributed by atoms with van der Waals surface area (Å²) in [5.41, 5.74) is 1.45. The van der Waals surface area contributed by atoms with Crippen LogP contribution in [0.1, 0.15) is 42.2 Å². The molecule has 0 heterocycles. The average Bonchev–Trinajstić information content (AvgIpc) is 2.76. The van der Waals surface area contributed by atoms with Gasteiger partial charge in [-0.3, -0.25) is 19.2 Å². The fourth-order valence-electron chi connectivity index (χ4n) is 2.78. The van der Waals surface area contributed by atoms with Gasteiger partial charge < -0.3 is 20.7 Å². The first kappa shape index (κ1) is 23.6. The van der Waals surface area contributed by atoms with E-state index >= 15 is 0 Å². The van der Waals surface area contributed by atoms with Gasteiger partial charge in [0.05, 0.1) is 7.11 Å². The molecule has 3 N–H and O–H groups in total. The first-order valence-corrected chi connectivity index (χ1v) is 9.90. The second-order valence-corrected chi connectivity index (χ2v) is 7.33. The molecule has 8 nitrogen and oxygen atoms in total. The predicted molar refractivity (Wildman–Crippen MR) is 116 cm³/mol. The zero-order valence-corrected chi connectivity index (χ0v) is 17.8. The van der Waals surface area contributed by atoms with Crippen LogP contribution in [-0.4, -0.2) is 37.3 Å². The normalized spacial score (nSPS) is 11.4. The third kappa shape index (κ3) is 7.58. The van der Waals surface area contributed by atoms with Crippen molar-refractivity contribution >= 4 is 29.4 Å². The lowest BCUT2D eigenvalue weighted by molar-refractivity contribution is -0.139. The van der Waals surface area contributed by atoms with E-state index in [1.54, 1.807) is 36.4 Å². The maximum absolute atomic E-state index is 12.9. The van der Waals surface area contributed by atoms with Crippen molar-refractivity contribution in [1.29, 1.82) is 0 Å². The first-order valence-electron chi connectivity index (χ1n) is 9.90. The van der Waals surface area contributed by atoms with Gasteiger partial charge in [0.25, 0.3) is 11.8 Å². The summed E-state index contributed by atoms with van der Waals surface area (Å²) in [4.78, 5) is 48.4. The van der Waals surface area contributed by atoms with Crippen molar-refractivity contribution in [3.63, 3.8) is 0 Å². The quantitative estimate of drug-likeness (QED) is 0.534. The Bertz CT molecular complexity index is 911. The lowest BCUT2D eigenvalue weighted by Gasteiger charge is -2.19. The van der Waals surface area contributed by atoms with Gasteiger partial charge in [0.2, 0.25) is 5.91 Å². The molecule has 2 rings (SSSR count). The Labute approximate surface area is 181 Å². The molecule has 0 aliphatic heterocycles. The van der Waals surface area contributed by atoms with Crippen molar-refractivity contribution in [2.45, 2.75) is 26.3 Å². The number of esters is 1. The number of methoxy groups -OCH3 is 1. The molecule has 0 bridgehead atoms.